The maximum atomic E-state index is 11.2. The number of tetrazole rings is 1. The van der Waals surface area contributed by atoms with Crippen molar-refractivity contribution in [1.29, 1.82) is 0 Å². The van der Waals surface area contributed by atoms with Crippen LogP contribution in [0.3, 0.4) is 0 Å². The van der Waals surface area contributed by atoms with Crippen molar-refractivity contribution in [3.8, 4) is 0 Å². The minimum Gasteiger partial charge on any atom is -0.387 e. The normalized spacial score (nSPS) is 22.4. The number of hydrogen-bond donors (Lipinski definition) is 8. The second-order valence-electron chi connectivity index (χ2n) is 14.3. The Morgan fingerprint density at radius 1 is 0.860 bits per heavy atom. The Bertz CT molecular complexity index is 2410. The fraction of sp³-hybridized carbons (Fsp3) is 0.500. The summed E-state index contributed by atoms with van der Waals surface area (Å²) < 4.78 is 9.71. The van der Waals surface area contributed by atoms with Crippen LogP contribution in [0.5, 0.6) is 0 Å². The summed E-state index contributed by atoms with van der Waals surface area (Å²) >= 11 is 0. The Morgan fingerprint density at radius 2 is 1.63 bits per heavy atom. The summed E-state index contributed by atoms with van der Waals surface area (Å²) in [5, 5.41) is 48.4. The van der Waals surface area contributed by atoms with E-state index in [1.807, 2.05) is 24.7 Å². The van der Waals surface area contributed by atoms with Gasteiger partial charge in [0.15, 0.2) is 40.8 Å². The lowest BCUT2D eigenvalue weighted by Crippen LogP contribution is -2.33. The molecule has 0 bridgehead atoms. The van der Waals surface area contributed by atoms with Gasteiger partial charge in [0.2, 0.25) is 17.7 Å². The zero-order chi connectivity index (χ0) is 38.9. The molecule has 0 aromatic carbocycles. The molecule has 7 aromatic rings. The Labute approximate surface area is 324 Å². The zero-order valence-corrected chi connectivity index (χ0v) is 31.4. The summed E-state index contributed by atoms with van der Waals surface area (Å²) in [6.07, 6.45) is 10.6. The van der Waals surface area contributed by atoms with E-state index in [0.29, 0.717) is 66.4 Å². The number of aliphatic hydroxyl groups excluding tert-OH is 2. The molecule has 57 heavy (non-hydrogen) atoms. The number of rotatable bonds is 15. The summed E-state index contributed by atoms with van der Waals surface area (Å²) in [5.74, 6) is 2.31. The molecular weight excluding hydrogens is 737 g/mol. The van der Waals surface area contributed by atoms with Crippen molar-refractivity contribution in [3.05, 3.63) is 54.9 Å². The van der Waals surface area contributed by atoms with Gasteiger partial charge in [0.25, 0.3) is 0 Å². The van der Waals surface area contributed by atoms with E-state index in [0.717, 1.165) is 49.0 Å². The quantitative estimate of drug-likeness (QED) is 0.0723. The van der Waals surface area contributed by atoms with E-state index in [1.54, 1.807) is 36.1 Å². The van der Waals surface area contributed by atoms with Crippen molar-refractivity contribution in [2.45, 2.75) is 88.6 Å². The second-order valence-corrected chi connectivity index (χ2v) is 14.3. The molecule has 0 amide bonds. The SMILES string of the molecule is CCn1nnc([C@H]2O[C@@H](n3cnc4c(NC5CCC(Nc6nc(NCCc7cn(C)cn7)nc7nc[nH]c67)CC5)nc(NCCc5cnc[nH]5)nc43)[C@H](O)[C@@H]2O)n1. The number of imidazole rings is 4. The van der Waals surface area contributed by atoms with Gasteiger partial charge in [-0.05, 0) is 37.8 Å². The van der Waals surface area contributed by atoms with Crippen LogP contribution in [0.15, 0.2) is 37.7 Å². The van der Waals surface area contributed by atoms with Gasteiger partial charge in [-0.15, -0.1) is 10.2 Å². The molecule has 23 heteroatoms. The van der Waals surface area contributed by atoms with Gasteiger partial charge in [-0.2, -0.15) is 24.7 Å². The van der Waals surface area contributed by atoms with E-state index in [4.69, 9.17) is 19.7 Å². The lowest BCUT2D eigenvalue weighted by molar-refractivity contribution is -0.0384. The molecule has 8 N–H and O–H groups in total. The fourth-order valence-electron chi connectivity index (χ4n) is 7.30. The van der Waals surface area contributed by atoms with Crippen LogP contribution in [0.25, 0.3) is 22.3 Å². The molecule has 0 spiro atoms. The number of fused-ring (bicyclic) bond motifs is 2. The highest BCUT2D eigenvalue weighted by Gasteiger charge is 2.47. The van der Waals surface area contributed by atoms with Crippen LogP contribution in [0.4, 0.5) is 23.5 Å². The average Bonchev–Trinajstić information content (AvgIpc) is 4.08. The standard InChI is InChI=1S/C34H44N20O3/c1-3-54-50-30(49-51-54)26-24(55)25(56)32(57-26)53-17-42-23-29(47-34(48-31(23)53)37-10-8-20-12-35-14-38-20)44-19-6-4-18(5-7-19)43-28-22-27(40-15-39-22)45-33(46-28)36-11-9-21-13-52(2)16-41-21/h12-19,24-26,32,55-56H,3-11H2,1-2H3,(H,35,38)(H2,37,44,47,48)(H3,36,39,40,43,45,46)/t18?,19?,24-,25+,26-,32+/m0/s1. The number of ether oxygens (including phenoxy) is 1. The Balaban J connectivity index is 0.898. The average molecular weight is 781 g/mol. The minimum atomic E-state index is -1.32. The van der Waals surface area contributed by atoms with Crippen LogP contribution in [0, 0.1) is 0 Å². The minimum absolute atomic E-state index is 0.0947. The topological polar surface area (TPSA) is 286 Å². The maximum Gasteiger partial charge on any atom is 0.226 e. The first-order valence-corrected chi connectivity index (χ1v) is 19.1. The number of aliphatic hydroxyl groups is 2. The molecule has 0 radical (unpaired) electrons. The van der Waals surface area contributed by atoms with Gasteiger partial charge >= 0.3 is 0 Å². The monoisotopic (exact) mass is 780 g/mol. The van der Waals surface area contributed by atoms with Gasteiger partial charge in [-0.3, -0.25) is 4.57 Å². The van der Waals surface area contributed by atoms with Crippen LogP contribution in [0.2, 0.25) is 0 Å². The van der Waals surface area contributed by atoms with Gasteiger partial charge in [0, 0.05) is 63.2 Å². The molecule has 2 aliphatic rings. The summed E-state index contributed by atoms with van der Waals surface area (Å²) in [4.78, 5) is 44.3. The molecule has 1 saturated carbocycles. The Kier molecular flexibility index (Phi) is 9.98. The van der Waals surface area contributed by atoms with Crippen molar-refractivity contribution < 1.29 is 14.9 Å². The molecular formula is C34H44N20O3. The second kappa shape index (κ2) is 15.7. The Morgan fingerprint density at radius 3 is 2.37 bits per heavy atom. The number of nitrogens with zero attached hydrogens (tertiary/aromatic N) is 14. The summed E-state index contributed by atoms with van der Waals surface area (Å²) in [5.41, 5.74) is 4.23. The number of aryl methyl sites for hydroxylation is 2. The number of aromatic nitrogens is 16. The van der Waals surface area contributed by atoms with Crippen LogP contribution in [-0.2, 0) is 31.2 Å². The molecule has 2 fully saturated rings. The van der Waals surface area contributed by atoms with Crippen LogP contribution in [0.1, 0.15) is 62.2 Å². The number of hydrogen-bond acceptors (Lipinski definition) is 18. The van der Waals surface area contributed by atoms with Gasteiger partial charge in [0.1, 0.15) is 17.7 Å². The third kappa shape index (κ3) is 7.62. The lowest BCUT2D eigenvalue weighted by atomic mass is 9.91. The highest BCUT2D eigenvalue weighted by atomic mass is 16.6. The first-order chi connectivity index (χ1) is 27.9. The fourth-order valence-corrected chi connectivity index (χ4v) is 7.30. The smallest absolute Gasteiger partial charge is 0.226 e. The number of H-pyrrole nitrogens is 2. The molecule has 1 aliphatic carbocycles. The third-order valence-electron chi connectivity index (χ3n) is 10.3. The van der Waals surface area contributed by atoms with Crippen LogP contribution >= 0.6 is 0 Å². The molecule has 1 aliphatic heterocycles. The van der Waals surface area contributed by atoms with E-state index in [9.17, 15) is 10.2 Å². The summed E-state index contributed by atoms with van der Waals surface area (Å²) in [6, 6.07) is 0.265. The number of aromatic amines is 2. The number of anilines is 4. The molecule has 8 heterocycles. The van der Waals surface area contributed by atoms with Gasteiger partial charge < -0.3 is 50.8 Å². The van der Waals surface area contributed by atoms with Crippen LogP contribution in [-0.4, -0.2) is 127 Å². The molecule has 23 nitrogen and oxygen atoms in total. The third-order valence-corrected chi connectivity index (χ3v) is 10.3. The van der Waals surface area contributed by atoms with E-state index < -0.39 is 24.5 Å². The van der Waals surface area contributed by atoms with Crippen molar-refractivity contribution in [2.24, 2.45) is 7.05 Å². The van der Waals surface area contributed by atoms with Gasteiger partial charge in [-0.25, -0.2) is 19.9 Å². The predicted octanol–water partition coefficient (Wildman–Crippen LogP) is 1.09. The predicted molar refractivity (Wildman–Crippen MR) is 205 cm³/mol. The number of nitrogens with one attached hydrogen (secondary N) is 6. The van der Waals surface area contributed by atoms with Crippen molar-refractivity contribution >= 4 is 45.9 Å². The highest BCUT2D eigenvalue weighted by molar-refractivity contribution is 5.85. The van der Waals surface area contributed by atoms with Crippen LogP contribution < -0.4 is 21.3 Å². The maximum absolute atomic E-state index is 11.2. The first kappa shape index (κ1) is 36.3. The van der Waals surface area contributed by atoms with Gasteiger partial charge in [0.05, 0.1) is 37.5 Å². The first-order valence-electron chi connectivity index (χ1n) is 19.1. The molecule has 1 saturated heterocycles. The largest absolute Gasteiger partial charge is 0.387 e. The molecule has 9 rings (SSSR count). The Hall–Kier alpha value is -6.33. The van der Waals surface area contributed by atoms with E-state index >= 15 is 0 Å². The van der Waals surface area contributed by atoms with Crippen molar-refractivity contribution in [1.82, 2.24) is 79.2 Å². The summed E-state index contributed by atoms with van der Waals surface area (Å²) in [7, 11) is 1.95. The summed E-state index contributed by atoms with van der Waals surface area (Å²) in [6.45, 7) is 3.54. The van der Waals surface area contributed by atoms with E-state index in [2.05, 4.69) is 71.6 Å². The molecule has 0 unspecified atom stereocenters. The molecule has 298 valence electrons. The zero-order valence-electron chi connectivity index (χ0n) is 31.4. The van der Waals surface area contributed by atoms with E-state index in [-0.39, 0.29) is 17.9 Å². The van der Waals surface area contributed by atoms with Gasteiger partial charge in [-0.1, -0.05) is 0 Å². The van der Waals surface area contributed by atoms with Crippen molar-refractivity contribution in [3.63, 3.8) is 0 Å². The van der Waals surface area contributed by atoms with E-state index in [1.165, 1.54) is 4.80 Å². The molecule has 7 aromatic heterocycles. The molecule has 4 atom stereocenters. The van der Waals surface area contributed by atoms with Crippen molar-refractivity contribution in [2.75, 3.05) is 34.4 Å². The highest BCUT2D eigenvalue weighted by Crippen LogP contribution is 2.39. The lowest BCUT2D eigenvalue weighted by Gasteiger charge is -2.30.